The first kappa shape index (κ1) is 25.3. The number of piperidine rings is 1. The molecule has 190 valence electrons. The average Bonchev–Trinajstić information content (AvgIpc) is 2.74. The Hall–Kier alpha value is -2.82. The molecule has 0 spiro atoms. The van der Waals surface area contributed by atoms with E-state index in [1.165, 1.54) is 10.6 Å². The molecule has 1 amide bonds. The van der Waals surface area contributed by atoms with Gasteiger partial charge in [-0.1, -0.05) is 26.8 Å². The third-order valence-corrected chi connectivity index (χ3v) is 7.72. The van der Waals surface area contributed by atoms with E-state index < -0.39 is 32.2 Å². The number of benzene rings is 1. The van der Waals surface area contributed by atoms with Crippen molar-refractivity contribution in [1.82, 2.24) is 9.47 Å². The Morgan fingerprint density at radius 2 is 1.80 bits per heavy atom. The first-order chi connectivity index (χ1) is 16.1. The Bertz CT molecular complexity index is 1310. The number of anilines is 1. The van der Waals surface area contributed by atoms with Crippen molar-refractivity contribution in [2.75, 3.05) is 17.8 Å². The van der Waals surface area contributed by atoms with Crippen LogP contribution in [0, 0.1) is 11.3 Å². The number of halogens is 3. The molecule has 2 atom stereocenters. The van der Waals surface area contributed by atoms with Crippen LogP contribution in [-0.2, 0) is 27.5 Å². The molecule has 2 aliphatic heterocycles. The number of nitrogens with one attached hydrogen (secondary N) is 1. The van der Waals surface area contributed by atoms with E-state index in [1.807, 2.05) is 25.7 Å². The largest absolute Gasteiger partial charge is 0.416 e. The third-order valence-electron chi connectivity index (χ3n) is 6.35. The van der Waals surface area contributed by atoms with Gasteiger partial charge < -0.3 is 9.47 Å². The van der Waals surface area contributed by atoms with Crippen LogP contribution in [-0.4, -0.2) is 36.9 Å². The zero-order chi connectivity index (χ0) is 25.8. The molecule has 1 saturated heterocycles. The number of nitrogens with zero attached hydrogens (tertiary/aromatic N) is 2. The lowest BCUT2D eigenvalue weighted by Crippen LogP contribution is -2.49. The molecule has 0 aliphatic carbocycles. The molecule has 1 N–H and O–H groups in total. The van der Waals surface area contributed by atoms with Gasteiger partial charge in [0, 0.05) is 37.7 Å². The van der Waals surface area contributed by atoms with E-state index in [0.717, 1.165) is 30.3 Å². The summed E-state index contributed by atoms with van der Waals surface area (Å²) < 4.78 is 68.2. The van der Waals surface area contributed by atoms with Gasteiger partial charge in [0.1, 0.15) is 5.69 Å². The van der Waals surface area contributed by atoms with Crippen LogP contribution >= 0.6 is 0 Å². The quantitative estimate of drug-likeness (QED) is 0.671. The zero-order valence-electron chi connectivity index (χ0n) is 19.7. The number of fused-ring (bicyclic) bond motifs is 4. The number of likely N-dealkylation sites (tertiary alicyclic amines) is 1. The van der Waals surface area contributed by atoms with Gasteiger partial charge in [-0.2, -0.15) is 13.2 Å². The molecule has 2 aromatic rings. The van der Waals surface area contributed by atoms with E-state index in [4.69, 9.17) is 0 Å². The van der Waals surface area contributed by atoms with Crippen molar-refractivity contribution in [2.24, 2.45) is 11.3 Å². The van der Waals surface area contributed by atoms with Crippen molar-refractivity contribution in [3.05, 3.63) is 58.0 Å². The maximum Gasteiger partial charge on any atom is 0.416 e. The Balaban J connectivity index is 1.59. The number of alkyl halides is 3. The molecule has 2 aliphatic rings. The van der Waals surface area contributed by atoms with E-state index in [0.29, 0.717) is 32.1 Å². The van der Waals surface area contributed by atoms with Crippen LogP contribution in [0.3, 0.4) is 0 Å². The minimum absolute atomic E-state index is 0.0479. The third kappa shape index (κ3) is 5.39. The Morgan fingerprint density at radius 1 is 1.09 bits per heavy atom. The number of hydrogen-bond donors (Lipinski definition) is 1. The number of amides is 1. The van der Waals surface area contributed by atoms with Crippen molar-refractivity contribution >= 4 is 21.6 Å². The molecule has 35 heavy (non-hydrogen) atoms. The van der Waals surface area contributed by atoms with Crippen LogP contribution in [0.5, 0.6) is 0 Å². The van der Waals surface area contributed by atoms with Crippen molar-refractivity contribution in [3.8, 4) is 0 Å². The molecule has 0 radical (unpaired) electrons. The monoisotopic (exact) mass is 511 g/mol. The summed E-state index contributed by atoms with van der Waals surface area (Å²) in [6.07, 6.45) is -3.44. The van der Waals surface area contributed by atoms with E-state index >= 15 is 0 Å². The number of carbonyl (C=O) groups is 1. The average molecular weight is 512 g/mol. The summed E-state index contributed by atoms with van der Waals surface area (Å²) in [5.74, 6) is 0.0832. The smallest absolute Gasteiger partial charge is 0.342 e. The van der Waals surface area contributed by atoms with Gasteiger partial charge in [-0.3, -0.25) is 14.3 Å². The van der Waals surface area contributed by atoms with Crippen LogP contribution in [0.2, 0.25) is 0 Å². The lowest BCUT2D eigenvalue weighted by molar-refractivity contribution is -0.138. The van der Waals surface area contributed by atoms with Gasteiger partial charge in [0.15, 0.2) is 0 Å². The maximum atomic E-state index is 13.2. The minimum atomic E-state index is -4.70. The molecule has 3 heterocycles. The van der Waals surface area contributed by atoms with Gasteiger partial charge in [-0.25, -0.2) is 8.42 Å². The molecule has 7 nitrogen and oxygen atoms in total. The number of aromatic nitrogens is 1. The van der Waals surface area contributed by atoms with Gasteiger partial charge in [-0.05, 0) is 48.1 Å². The summed E-state index contributed by atoms with van der Waals surface area (Å²) in [5.41, 5.74) is -1.29. The van der Waals surface area contributed by atoms with E-state index in [1.54, 1.807) is 6.07 Å². The summed E-state index contributed by atoms with van der Waals surface area (Å²) >= 11 is 0. The van der Waals surface area contributed by atoms with Crippen LogP contribution in [0.15, 0.2) is 46.1 Å². The second kappa shape index (κ2) is 8.69. The normalized spacial score (nSPS) is 20.3. The molecule has 1 aromatic heterocycles. The van der Waals surface area contributed by atoms with Gasteiger partial charge in [0.2, 0.25) is 5.91 Å². The summed E-state index contributed by atoms with van der Waals surface area (Å²) in [7, 11) is -4.42. The number of carbonyl (C=O) groups excluding carboxylic acids is 1. The standard InChI is InChI=1S/C24H28F3N3O4S/c1-23(2,3)11-21(31)29-12-15-9-16(14-29)20-8-7-19(22(32)30(20)13-15)28-35(33,34)18-6-4-5-17(10-18)24(25,26)27/h4-8,10,15-16,28H,9,11-14H2,1-3H3/t15-,16-/m1/s1. The van der Waals surface area contributed by atoms with Crippen molar-refractivity contribution in [3.63, 3.8) is 0 Å². The molecule has 1 fully saturated rings. The maximum absolute atomic E-state index is 13.2. The van der Waals surface area contributed by atoms with E-state index in [9.17, 15) is 31.2 Å². The fourth-order valence-electron chi connectivity index (χ4n) is 4.84. The van der Waals surface area contributed by atoms with Crippen molar-refractivity contribution < 1.29 is 26.4 Å². The summed E-state index contributed by atoms with van der Waals surface area (Å²) in [5, 5.41) is 0. The van der Waals surface area contributed by atoms with E-state index in [-0.39, 0.29) is 28.8 Å². The molecular formula is C24H28F3N3O4S. The second-order valence-corrected chi connectivity index (χ2v) is 12.2. The van der Waals surface area contributed by atoms with Crippen LogP contribution in [0.1, 0.15) is 50.8 Å². The lowest BCUT2D eigenvalue weighted by Gasteiger charge is -2.43. The number of hydrogen-bond acceptors (Lipinski definition) is 4. The summed E-state index contributed by atoms with van der Waals surface area (Å²) in [6.45, 7) is 7.37. The minimum Gasteiger partial charge on any atom is -0.342 e. The highest BCUT2D eigenvalue weighted by Crippen LogP contribution is 2.36. The molecule has 0 saturated carbocycles. The van der Waals surface area contributed by atoms with Crippen molar-refractivity contribution in [1.29, 1.82) is 0 Å². The molecule has 2 bridgehead atoms. The fraction of sp³-hybridized carbons (Fsp3) is 0.500. The highest BCUT2D eigenvalue weighted by Gasteiger charge is 2.37. The van der Waals surface area contributed by atoms with Gasteiger partial charge in [-0.15, -0.1) is 0 Å². The van der Waals surface area contributed by atoms with Crippen LogP contribution < -0.4 is 10.3 Å². The fourth-order valence-corrected chi connectivity index (χ4v) is 5.94. The predicted molar refractivity (Wildman–Crippen MR) is 124 cm³/mol. The highest BCUT2D eigenvalue weighted by molar-refractivity contribution is 7.92. The lowest BCUT2D eigenvalue weighted by atomic mass is 9.82. The SMILES string of the molecule is CC(C)(C)CC(=O)N1C[C@H]2C[C@H](C1)c1ccc(NS(=O)(=O)c3cccc(C(F)(F)F)c3)c(=O)n1C2. The van der Waals surface area contributed by atoms with Crippen molar-refractivity contribution in [2.45, 2.75) is 57.1 Å². The summed E-state index contributed by atoms with van der Waals surface area (Å²) in [6, 6.07) is 6.36. The Kier molecular flexibility index (Phi) is 6.27. The number of pyridine rings is 1. The zero-order valence-corrected chi connectivity index (χ0v) is 20.5. The molecule has 11 heteroatoms. The van der Waals surface area contributed by atoms with E-state index in [2.05, 4.69) is 4.72 Å². The first-order valence-corrected chi connectivity index (χ1v) is 12.8. The first-order valence-electron chi connectivity index (χ1n) is 11.4. The summed E-state index contributed by atoms with van der Waals surface area (Å²) in [4.78, 5) is 27.2. The Labute approximate surface area is 202 Å². The number of rotatable bonds is 4. The topological polar surface area (TPSA) is 88.5 Å². The molecule has 0 unspecified atom stereocenters. The molecule has 4 rings (SSSR count). The van der Waals surface area contributed by atoms with Crippen LogP contribution in [0.25, 0.3) is 0 Å². The van der Waals surface area contributed by atoms with Crippen LogP contribution in [0.4, 0.5) is 18.9 Å². The number of sulfonamides is 1. The van der Waals surface area contributed by atoms with Gasteiger partial charge in [0.05, 0.1) is 10.5 Å². The highest BCUT2D eigenvalue weighted by atomic mass is 32.2. The predicted octanol–water partition coefficient (Wildman–Crippen LogP) is 4.05. The molecule has 1 aromatic carbocycles. The second-order valence-electron chi connectivity index (χ2n) is 10.6. The van der Waals surface area contributed by atoms with Gasteiger partial charge in [0.25, 0.3) is 15.6 Å². The van der Waals surface area contributed by atoms with Gasteiger partial charge >= 0.3 is 6.18 Å². The Morgan fingerprint density at radius 3 is 2.46 bits per heavy atom. The molecular weight excluding hydrogens is 483 g/mol.